The average molecular weight is 571 g/mol. The van der Waals surface area contributed by atoms with Gasteiger partial charge in [-0.05, 0) is 24.3 Å². The molecule has 1 aromatic rings. The highest BCUT2D eigenvalue weighted by Crippen LogP contribution is 2.23. The van der Waals surface area contributed by atoms with Crippen LogP contribution in [0.4, 0.5) is 0 Å². The Hall–Kier alpha value is -0.750. The topological polar surface area (TPSA) is 75.2 Å². The number of methoxy groups -OCH3 is 1. The monoisotopic (exact) mass is 570 g/mol. The third-order valence-corrected chi connectivity index (χ3v) is 6.03. The molecule has 0 bridgehead atoms. The summed E-state index contributed by atoms with van der Waals surface area (Å²) < 4.78 is 11.2. The fraction of sp³-hybridized carbons (Fsp3) is 0.600. The van der Waals surface area contributed by atoms with E-state index in [0.29, 0.717) is 32.3 Å². The Morgan fingerprint density at radius 2 is 1.93 bits per heavy atom. The van der Waals surface area contributed by atoms with Gasteiger partial charge in [0.25, 0.3) is 0 Å². The molecule has 170 valence electrons. The second-order valence-electron chi connectivity index (χ2n) is 7.04. The zero-order valence-electron chi connectivity index (χ0n) is 17.8. The summed E-state index contributed by atoms with van der Waals surface area (Å²) in [6.45, 7) is 2.78. The zero-order chi connectivity index (χ0) is 21.1. The van der Waals surface area contributed by atoms with Gasteiger partial charge in [-0.1, -0.05) is 11.6 Å². The van der Waals surface area contributed by atoms with Crippen molar-refractivity contribution in [2.75, 3.05) is 59.8 Å². The van der Waals surface area contributed by atoms with Crippen molar-refractivity contribution in [2.45, 2.75) is 23.3 Å². The minimum absolute atomic E-state index is 0. The molecule has 0 saturated carbocycles. The smallest absolute Gasteiger partial charge is 0.243 e. The zero-order valence-corrected chi connectivity index (χ0v) is 21.7. The number of carbonyl (C=O) groups excluding carboxylic acids is 1. The van der Waals surface area contributed by atoms with Crippen LogP contribution in [0, 0.1) is 0 Å². The number of nitrogens with zero attached hydrogens (tertiary/aromatic N) is 2. The molecule has 1 aromatic carbocycles. The highest BCUT2D eigenvalue weighted by Gasteiger charge is 2.32. The molecule has 30 heavy (non-hydrogen) atoms. The van der Waals surface area contributed by atoms with Gasteiger partial charge in [0.15, 0.2) is 5.96 Å². The number of hydrogen-bond donors (Lipinski definition) is 2. The van der Waals surface area contributed by atoms with E-state index in [9.17, 15) is 4.79 Å². The third-order valence-electron chi connectivity index (χ3n) is 4.76. The van der Waals surface area contributed by atoms with Gasteiger partial charge >= 0.3 is 0 Å². The fourth-order valence-electron chi connectivity index (χ4n) is 2.77. The minimum Gasteiger partial charge on any atom is -0.381 e. The minimum atomic E-state index is -0.273. The number of nitrogens with one attached hydrogen (secondary N) is 2. The number of aliphatic imine (C=N–C) groups is 1. The number of amides is 1. The fourth-order valence-corrected chi connectivity index (χ4v) is 3.67. The van der Waals surface area contributed by atoms with Gasteiger partial charge in [-0.15, -0.1) is 35.7 Å². The van der Waals surface area contributed by atoms with E-state index < -0.39 is 0 Å². The van der Waals surface area contributed by atoms with Crippen LogP contribution in [0.15, 0.2) is 34.2 Å². The normalized spacial score (nSPS) is 15.8. The quantitative estimate of drug-likeness (QED) is 0.156. The predicted octanol–water partition coefficient (Wildman–Crippen LogP) is 2.87. The van der Waals surface area contributed by atoms with Gasteiger partial charge in [0.05, 0.1) is 5.60 Å². The first kappa shape index (κ1) is 27.3. The molecule has 1 aliphatic rings. The second kappa shape index (κ2) is 14.3. The van der Waals surface area contributed by atoms with E-state index >= 15 is 0 Å². The van der Waals surface area contributed by atoms with Gasteiger partial charge < -0.3 is 25.0 Å². The van der Waals surface area contributed by atoms with Crippen LogP contribution in [0.3, 0.4) is 0 Å². The molecule has 10 heteroatoms. The first-order valence-electron chi connectivity index (χ1n) is 9.68. The van der Waals surface area contributed by atoms with Crippen molar-refractivity contribution >= 4 is 59.2 Å². The molecule has 0 aliphatic carbocycles. The van der Waals surface area contributed by atoms with Gasteiger partial charge in [0.2, 0.25) is 5.91 Å². The lowest BCUT2D eigenvalue weighted by Crippen LogP contribution is -2.51. The molecule has 7 nitrogen and oxygen atoms in total. The third kappa shape index (κ3) is 9.59. The molecule has 2 rings (SSSR count). The van der Waals surface area contributed by atoms with E-state index in [4.69, 9.17) is 21.1 Å². The Labute approximate surface area is 205 Å². The van der Waals surface area contributed by atoms with Gasteiger partial charge in [-0.25, -0.2) is 4.99 Å². The van der Waals surface area contributed by atoms with Crippen LogP contribution in [-0.2, 0) is 14.3 Å². The van der Waals surface area contributed by atoms with E-state index in [2.05, 4.69) is 15.6 Å². The maximum Gasteiger partial charge on any atom is 0.243 e. The summed E-state index contributed by atoms with van der Waals surface area (Å²) >= 11 is 7.65. The number of hydrogen-bond acceptors (Lipinski definition) is 5. The Morgan fingerprint density at radius 1 is 1.27 bits per heavy atom. The number of rotatable bonds is 9. The summed E-state index contributed by atoms with van der Waals surface area (Å²) in [6, 6.07) is 7.78. The lowest BCUT2D eigenvalue weighted by Gasteiger charge is -2.36. The van der Waals surface area contributed by atoms with Crippen LogP contribution in [0.1, 0.15) is 12.8 Å². The molecule has 1 amide bonds. The van der Waals surface area contributed by atoms with Gasteiger partial charge in [0.1, 0.15) is 6.54 Å². The second-order valence-corrected chi connectivity index (χ2v) is 8.64. The first-order valence-corrected chi connectivity index (χ1v) is 11.0. The number of thioether (sulfide) groups is 1. The predicted molar refractivity (Wildman–Crippen MR) is 134 cm³/mol. The molecular weight excluding hydrogens is 539 g/mol. The van der Waals surface area contributed by atoms with Crippen LogP contribution in [0.25, 0.3) is 0 Å². The number of halogens is 2. The van der Waals surface area contributed by atoms with Crippen molar-refractivity contribution in [2.24, 2.45) is 4.99 Å². The van der Waals surface area contributed by atoms with Gasteiger partial charge in [0, 0.05) is 76.0 Å². The van der Waals surface area contributed by atoms with Crippen molar-refractivity contribution < 1.29 is 14.3 Å². The Kier molecular flexibility index (Phi) is 13.0. The SMILES string of the molecule is COC1(CNC(=NCC(=O)N(C)C)NCCSc2ccc(Cl)cc2)CCOCC1.I. The summed E-state index contributed by atoms with van der Waals surface area (Å²) in [5, 5.41) is 7.39. The van der Waals surface area contributed by atoms with E-state index in [1.807, 2.05) is 24.3 Å². The maximum atomic E-state index is 11.9. The molecule has 0 unspecified atom stereocenters. The van der Waals surface area contributed by atoms with Crippen molar-refractivity contribution in [1.82, 2.24) is 15.5 Å². The van der Waals surface area contributed by atoms with E-state index in [0.717, 1.165) is 28.5 Å². The number of benzene rings is 1. The molecule has 1 heterocycles. The standard InChI is InChI=1S/C20H31ClN4O3S.HI/c1-25(2)18(26)14-23-19(24-15-20(27-3)8-11-28-12-9-20)22-10-13-29-17-6-4-16(21)5-7-17;/h4-7H,8-15H2,1-3H3,(H2,22,23,24);1H. The molecule has 0 radical (unpaired) electrons. The molecule has 0 atom stereocenters. The first-order chi connectivity index (χ1) is 13.9. The number of carbonyl (C=O) groups is 1. The van der Waals surface area contributed by atoms with Gasteiger partial charge in [-0.2, -0.15) is 0 Å². The van der Waals surface area contributed by atoms with E-state index in [1.165, 1.54) is 4.90 Å². The van der Waals surface area contributed by atoms with Crippen LogP contribution < -0.4 is 10.6 Å². The Morgan fingerprint density at radius 3 is 2.53 bits per heavy atom. The molecule has 0 aromatic heterocycles. The molecule has 1 fully saturated rings. The maximum absolute atomic E-state index is 11.9. The highest BCUT2D eigenvalue weighted by molar-refractivity contribution is 14.0. The lowest BCUT2D eigenvalue weighted by atomic mass is 9.94. The number of ether oxygens (including phenoxy) is 2. The highest BCUT2D eigenvalue weighted by atomic mass is 127. The lowest BCUT2D eigenvalue weighted by molar-refractivity contribution is -0.127. The Bertz CT molecular complexity index is 671. The largest absolute Gasteiger partial charge is 0.381 e. The van der Waals surface area contributed by atoms with Gasteiger partial charge in [-0.3, -0.25) is 4.79 Å². The summed E-state index contributed by atoms with van der Waals surface area (Å²) in [5.74, 6) is 1.42. The number of guanidine groups is 1. The Balaban J connectivity index is 0.00000450. The number of likely N-dealkylation sites (N-methyl/N-ethyl adjacent to an activating group) is 1. The van der Waals surface area contributed by atoms with E-state index in [-0.39, 0.29) is 42.0 Å². The summed E-state index contributed by atoms with van der Waals surface area (Å²) in [7, 11) is 5.18. The summed E-state index contributed by atoms with van der Waals surface area (Å²) in [6.07, 6.45) is 1.65. The summed E-state index contributed by atoms with van der Waals surface area (Å²) in [4.78, 5) is 19.1. The molecule has 2 N–H and O–H groups in total. The van der Waals surface area contributed by atoms with Crippen LogP contribution >= 0.6 is 47.3 Å². The van der Waals surface area contributed by atoms with Crippen molar-refractivity contribution in [3.63, 3.8) is 0 Å². The van der Waals surface area contributed by atoms with Crippen LogP contribution in [-0.4, -0.2) is 82.2 Å². The average Bonchev–Trinajstić information content (AvgIpc) is 2.74. The van der Waals surface area contributed by atoms with E-state index in [1.54, 1.807) is 33.0 Å². The molecular formula is C20H32ClIN4O3S. The van der Waals surface area contributed by atoms with Crippen molar-refractivity contribution in [1.29, 1.82) is 0 Å². The van der Waals surface area contributed by atoms with Crippen LogP contribution in [0.5, 0.6) is 0 Å². The van der Waals surface area contributed by atoms with Crippen LogP contribution in [0.2, 0.25) is 5.02 Å². The van der Waals surface area contributed by atoms with Crippen molar-refractivity contribution in [3.05, 3.63) is 29.3 Å². The van der Waals surface area contributed by atoms with Crippen molar-refractivity contribution in [3.8, 4) is 0 Å². The molecule has 1 saturated heterocycles. The molecule has 0 spiro atoms. The molecule has 1 aliphatic heterocycles. The summed E-state index contributed by atoms with van der Waals surface area (Å²) in [5.41, 5.74) is -0.273.